The quantitative estimate of drug-likeness (QED) is 0.0176. The lowest BCUT2D eigenvalue weighted by molar-refractivity contribution is -0.137. The van der Waals surface area contributed by atoms with Gasteiger partial charge in [-0.3, -0.25) is 14.9 Å². The normalized spacial score (nSPS) is 11.5. The molecule has 0 atom stereocenters. The Balaban J connectivity index is 0.858. The number of rotatable bonds is 14. The molecule has 16 nitrogen and oxygen atoms in total. The molecule has 0 fully saturated rings. The Hall–Kier alpha value is -9.96. The van der Waals surface area contributed by atoms with Gasteiger partial charge in [0, 0.05) is 33.2 Å². The van der Waals surface area contributed by atoms with Crippen LogP contribution in [0.2, 0.25) is 0 Å². The fourth-order valence-corrected chi connectivity index (χ4v) is 6.84. The molecule has 70 heavy (non-hydrogen) atoms. The van der Waals surface area contributed by atoms with Crippen molar-refractivity contribution in [2.45, 2.75) is 12.8 Å². The number of carbonyl (C=O) groups excluding carboxylic acids is 3. The summed E-state index contributed by atoms with van der Waals surface area (Å²) in [7, 11) is 0. The standard InChI is InChI=1S/C51H34F3N9O7/c1-55-39-5-3-7-41(27-39)63-70-29-56-69-28-30-8-20-42-33(24-30)14-22-44(64)46(42)61-59-37-16-9-31(10-17-37)48(66)32-11-18-38(19-12-32)60-62-47-43-21-13-35(25-34(43)15-23-45(47)65)49(67)58-50(68)57-40-6-2-4-36(26-40)51(52,53)54/h2-27,29,63-65H,28H2,(H2,57,58,67,68)/b56-29+,61-59?,62-60?. The molecule has 8 rings (SSSR count). The molecule has 0 unspecified atom stereocenters. The Morgan fingerprint density at radius 1 is 0.643 bits per heavy atom. The number of nitrogens with one attached hydrogen (secondary N) is 3. The number of hydrogen-bond donors (Lipinski definition) is 5. The number of alkyl halides is 3. The van der Waals surface area contributed by atoms with Gasteiger partial charge in [0.15, 0.2) is 11.5 Å². The highest BCUT2D eigenvalue weighted by molar-refractivity contribution is 6.10. The number of benzene rings is 8. The number of urea groups is 1. The van der Waals surface area contributed by atoms with Crippen molar-refractivity contribution in [1.82, 2.24) is 5.32 Å². The van der Waals surface area contributed by atoms with Gasteiger partial charge < -0.3 is 25.2 Å². The van der Waals surface area contributed by atoms with Crippen LogP contribution < -0.4 is 16.1 Å². The van der Waals surface area contributed by atoms with E-state index in [-0.39, 0.29) is 46.5 Å². The number of phenolic OH excluding ortho intramolecular Hbond substituents is 2. The monoisotopic (exact) mass is 941 g/mol. The third kappa shape index (κ3) is 11.3. The van der Waals surface area contributed by atoms with Crippen LogP contribution in [0.1, 0.15) is 37.4 Å². The second-order valence-electron chi connectivity index (χ2n) is 15.0. The highest BCUT2D eigenvalue weighted by Crippen LogP contribution is 2.38. The van der Waals surface area contributed by atoms with E-state index in [1.54, 1.807) is 91.0 Å². The summed E-state index contributed by atoms with van der Waals surface area (Å²) in [6.45, 7) is 7.22. The number of aromatic hydroxyl groups is 2. The molecule has 0 aromatic heterocycles. The predicted molar refractivity (Wildman–Crippen MR) is 255 cm³/mol. The first kappa shape index (κ1) is 46.6. The molecule has 5 N–H and O–H groups in total. The molecule has 0 saturated heterocycles. The van der Waals surface area contributed by atoms with Crippen LogP contribution in [0.15, 0.2) is 183 Å². The summed E-state index contributed by atoms with van der Waals surface area (Å²) in [5.74, 6) is -1.40. The number of hydrogen-bond acceptors (Lipinski definition) is 13. The first-order valence-electron chi connectivity index (χ1n) is 20.7. The average molecular weight is 942 g/mol. The molecule has 0 aliphatic heterocycles. The van der Waals surface area contributed by atoms with Crippen LogP contribution in [0.3, 0.4) is 0 Å². The van der Waals surface area contributed by atoms with E-state index in [2.05, 4.69) is 46.6 Å². The molecule has 8 aromatic rings. The zero-order valence-electron chi connectivity index (χ0n) is 36.0. The second-order valence-corrected chi connectivity index (χ2v) is 15.0. The zero-order valence-corrected chi connectivity index (χ0v) is 36.0. The number of anilines is 2. The van der Waals surface area contributed by atoms with Gasteiger partial charge in [0.2, 0.25) is 6.40 Å². The number of halogens is 3. The fourth-order valence-electron chi connectivity index (χ4n) is 6.84. The van der Waals surface area contributed by atoms with E-state index in [9.17, 15) is 37.8 Å². The van der Waals surface area contributed by atoms with Crippen LogP contribution in [0.4, 0.5) is 57.8 Å². The molecule has 0 aliphatic rings. The van der Waals surface area contributed by atoms with Crippen LogP contribution in [-0.2, 0) is 22.5 Å². The van der Waals surface area contributed by atoms with Crippen LogP contribution >= 0.6 is 0 Å². The van der Waals surface area contributed by atoms with E-state index in [0.29, 0.717) is 50.0 Å². The SMILES string of the molecule is [C-]#[N+]c1cccc(NO/C=N/OCc2ccc3c(N=Nc4ccc(C(=O)c5ccc(N=Nc6c(O)ccc7cc(C(=O)NC(=O)Nc8cccc(C(F)(F)F)c8)ccc67)cc5)cc4)c(O)ccc3c2)c1. The first-order valence-corrected chi connectivity index (χ1v) is 20.7. The molecule has 0 saturated carbocycles. The predicted octanol–water partition coefficient (Wildman–Crippen LogP) is 13.5. The van der Waals surface area contributed by atoms with Crippen molar-refractivity contribution >= 4 is 85.5 Å². The van der Waals surface area contributed by atoms with E-state index < -0.39 is 23.7 Å². The number of amides is 3. The largest absolute Gasteiger partial charge is 0.506 e. The molecule has 0 heterocycles. The Labute approximate surface area is 394 Å². The van der Waals surface area contributed by atoms with Gasteiger partial charge in [-0.1, -0.05) is 53.7 Å². The number of fused-ring (bicyclic) bond motifs is 2. The molecular formula is C51H34F3N9O7. The number of carbonyl (C=O) groups is 3. The van der Waals surface area contributed by atoms with Gasteiger partial charge >= 0.3 is 12.2 Å². The molecular weight excluding hydrogens is 908 g/mol. The van der Waals surface area contributed by atoms with Crippen molar-refractivity contribution in [2.24, 2.45) is 25.6 Å². The second kappa shape index (κ2) is 20.7. The molecule has 346 valence electrons. The molecule has 0 spiro atoms. The van der Waals surface area contributed by atoms with Crippen LogP contribution in [-0.4, -0.2) is 34.3 Å². The summed E-state index contributed by atoms with van der Waals surface area (Å²) in [6.07, 6.45) is -3.53. The van der Waals surface area contributed by atoms with E-state index in [1.807, 2.05) is 6.07 Å². The summed E-state index contributed by atoms with van der Waals surface area (Å²) in [5.41, 5.74) is 5.25. The third-order valence-corrected chi connectivity index (χ3v) is 10.3. The van der Waals surface area contributed by atoms with Crippen LogP contribution in [0.25, 0.3) is 26.4 Å². The minimum Gasteiger partial charge on any atom is -0.506 e. The summed E-state index contributed by atoms with van der Waals surface area (Å²) < 4.78 is 39.2. The van der Waals surface area contributed by atoms with Gasteiger partial charge in [-0.15, -0.1) is 10.2 Å². The summed E-state index contributed by atoms with van der Waals surface area (Å²) in [6, 6.07) is 38.3. The summed E-state index contributed by atoms with van der Waals surface area (Å²) in [4.78, 5) is 52.5. The van der Waals surface area contributed by atoms with E-state index >= 15 is 0 Å². The Bertz CT molecular complexity index is 3430. The fraction of sp³-hybridized carbons (Fsp3) is 0.0392. The minimum atomic E-state index is -4.62. The van der Waals surface area contributed by atoms with E-state index in [4.69, 9.17) is 16.2 Å². The molecule has 0 bridgehead atoms. The lowest BCUT2D eigenvalue weighted by Gasteiger charge is -2.11. The van der Waals surface area contributed by atoms with Gasteiger partial charge in [0.25, 0.3) is 5.91 Å². The lowest BCUT2D eigenvalue weighted by atomic mass is 10.0. The Morgan fingerprint density at radius 2 is 1.23 bits per heavy atom. The van der Waals surface area contributed by atoms with Gasteiger partial charge in [-0.2, -0.15) is 23.4 Å². The molecule has 19 heteroatoms. The topological polar surface area (TPSA) is 212 Å². The number of azo groups is 2. The Kier molecular flexibility index (Phi) is 13.8. The highest BCUT2D eigenvalue weighted by atomic mass is 19.4. The summed E-state index contributed by atoms with van der Waals surface area (Å²) in [5, 5.41) is 48.7. The third-order valence-electron chi connectivity index (χ3n) is 10.3. The van der Waals surface area contributed by atoms with Gasteiger partial charge in [-0.05, 0) is 126 Å². The highest BCUT2D eigenvalue weighted by Gasteiger charge is 2.30. The minimum absolute atomic E-state index is 0.0477. The van der Waals surface area contributed by atoms with Crippen molar-refractivity contribution in [3.63, 3.8) is 0 Å². The van der Waals surface area contributed by atoms with E-state index in [1.165, 1.54) is 42.5 Å². The van der Waals surface area contributed by atoms with Crippen molar-refractivity contribution in [3.8, 4) is 11.5 Å². The zero-order chi connectivity index (χ0) is 49.2. The number of nitrogens with zero attached hydrogens (tertiary/aromatic N) is 6. The maximum absolute atomic E-state index is 13.4. The maximum Gasteiger partial charge on any atom is 0.416 e. The molecule has 3 amide bonds. The smallest absolute Gasteiger partial charge is 0.416 e. The molecule has 8 aromatic carbocycles. The van der Waals surface area contributed by atoms with Gasteiger partial charge in [0.05, 0.1) is 29.2 Å². The van der Waals surface area contributed by atoms with Crippen molar-refractivity contribution in [3.05, 3.63) is 197 Å². The van der Waals surface area contributed by atoms with Crippen molar-refractivity contribution < 1.29 is 47.4 Å². The molecule has 0 aliphatic carbocycles. The number of oxime groups is 1. The number of phenols is 2. The maximum atomic E-state index is 13.4. The van der Waals surface area contributed by atoms with Gasteiger partial charge in [-0.25, -0.2) is 15.1 Å². The van der Waals surface area contributed by atoms with Crippen molar-refractivity contribution in [1.29, 1.82) is 0 Å². The number of imide groups is 1. The summed E-state index contributed by atoms with van der Waals surface area (Å²) >= 11 is 0. The first-order chi connectivity index (χ1) is 33.8. The van der Waals surface area contributed by atoms with E-state index in [0.717, 1.165) is 35.5 Å². The number of ketones is 1. The average Bonchev–Trinajstić information content (AvgIpc) is 3.36. The Morgan fingerprint density at radius 3 is 1.86 bits per heavy atom. The van der Waals surface area contributed by atoms with Crippen LogP contribution in [0, 0.1) is 6.57 Å². The lowest BCUT2D eigenvalue weighted by Crippen LogP contribution is -2.34. The van der Waals surface area contributed by atoms with Gasteiger partial charge in [0.1, 0.15) is 29.5 Å². The van der Waals surface area contributed by atoms with Crippen LogP contribution in [0.5, 0.6) is 11.5 Å². The molecule has 0 radical (unpaired) electrons. The van der Waals surface area contributed by atoms with Crippen molar-refractivity contribution in [2.75, 3.05) is 10.8 Å².